The van der Waals surface area contributed by atoms with Gasteiger partial charge in [0.15, 0.2) is 11.6 Å². The van der Waals surface area contributed by atoms with Gasteiger partial charge in [0.1, 0.15) is 6.04 Å². The number of carbonyl (C=O) groups excluding carboxylic acids is 2. The highest BCUT2D eigenvalue weighted by atomic mass is 19.2. The molecule has 5 nitrogen and oxygen atoms in total. The van der Waals surface area contributed by atoms with Crippen LogP contribution in [0.25, 0.3) is 0 Å². The third-order valence-electron chi connectivity index (χ3n) is 4.64. The van der Waals surface area contributed by atoms with Gasteiger partial charge in [-0.05, 0) is 37.0 Å². The minimum Gasteiger partial charge on any atom is -0.385 e. The molecule has 7 heteroatoms. The molecule has 2 N–H and O–H groups in total. The maximum Gasteiger partial charge on any atom is 0.246 e. The number of likely N-dealkylation sites (N-methyl/N-ethyl adjacent to an activating group) is 1. The summed E-state index contributed by atoms with van der Waals surface area (Å²) in [7, 11) is 2.99. The fraction of sp³-hybridized carbons (Fsp3) is 0.529. The number of methoxy groups -OCH3 is 1. The molecule has 132 valence electrons. The average Bonchev–Trinajstić information content (AvgIpc) is 2.53. The molecule has 1 aliphatic carbocycles. The number of amides is 2. The van der Waals surface area contributed by atoms with Crippen molar-refractivity contribution >= 4 is 11.8 Å². The van der Waals surface area contributed by atoms with Gasteiger partial charge in [0.25, 0.3) is 0 Å². The summed E-state index contributed by atoms with van der Waals surface area (Å²) in [4.78, 5) is 24.8. The summed E-state index contributed by atoms with van der Waals surface area (Å²) in [6.45, 7) is 0.448. The van der Waals surface area contributed by atoms with E-state index in [1.807, 2.05) is 0 Å². The Kier molecular flexibility index (Phi) is 5.88. The topological polar surface area (TPSA) is 67.4 Å². The second-order valence-corrected chi connectivity index (χ2v) is 6.07. The van der Waals surface area contributed by atoms with Crippen LogP contribution in [-0.2, 0) is 14.3 Å². The fourth-order valence-corrected chi connectivity index (χ4v) is 2.91. The molecule has 0 spiro atoms. The molecular weight excluding hydrogens is 318 g/mol. The van der Waals surface area contributed by atoms with Gasteiger partial charge in [-0.3, -0.25) is 9.59 Å². The lowest BCUT2D eigenvalue weighted by Gasteiger charge is -2.41. The predicted octanol–water partition coefficient (Wildman–Crippen LogP) is 2.07. The van der Waals surface area contributed by atoms with Gasteiger partial charge in [0.2, 0.25) is 11.8 Å². The van der Waals surface area contributed by atoms with Crippen molar-refractivity contribution in [2.24, 2.45) is 5.41 Å². The number of halogens is 2. The second-order valence-electron chi connectivity index (χ2n) is 6.07. The highest BCUT2D eigenvalue weighted by molar-refractivity contribution is 5.91. The second kappa shape index (κ2) is 7.70. The summed E-state index contributed by atoms with van der Waals surface area (Å²) in [5, 5.41) is 5.13. The van der Waals surface area contributed by atoms with Crippen molar-refractivity contribution in [3.8, 4) is 0 Å². The van der Waals surface area contributed by atoms with Gasteiger partial charge < -0.3 is 15.4 Å². The summed E-state index contributed by atoms with van der Waals surface area (Å²) in [6.07, 6.45) is 2.95. The minimum atomic E-state index is -1.07. The number of hydrogen-bond donors (Lipinski definition) is 2. The summed E-state index contributed by atoms with van der Waals surface area (Å²) in [5.74, 6) is -2.82. The van der Waals surface area contributed by atoms with E-state index < -0.39 is 29.0 Å². The normalized spacial score (nSPS) is 16.8. The lowest BCUT2D eigenvalue weighted by Crippen LogP contribution is -2.50. The first kappa shape index (κ1) is 18.3. The molecule has 1 fully saturated rings. The van der Waals surface area contributed by atoms with Gasteiger partial charge in [-0.2, -0.15) is 0 Å². The summed E-state index contributed by atoms with van der Waals surface area (Å²) >= 11 is 0. The van der Waals surface area contributed by atoms with Crippen LogP contribution in [0, 0.1) is 17.0 Å². The highest BCUT2D eigenvalue weighted by Crippen LogP contribution is 2.44. The third kappa shape index (κ3) is 3.72. The van der Waals surface area contributed by atoms with E-state index in [4.69, 9.17) is 4.74 Å². The van der Waals surface area contributed by atoms with Crippen LogP contribution in [0.2, 0.25) is 0 Å². The molecule has 1 aliphatic rings. The van der Waals surface area contributed by atoms with Gasteiger partial charge in [-0.15, -0.1) is 0 Å². The Morgan fingerprint density at radius 2 is 2.00 bits per heavy atom. The molecule has 0 aromatic heterocycles. The van der Waals surface area contributed by atoms with Crippen LogP contribution in [0.1, 0.15) is 37.3 Å². The lowest BCUT2D eigenvalue weighted by atomic mass is 9.66. The fourth-order valence-electron chi connectivity index (χ4n) is 2.91. The van der Waals surface area contributed by atoms with Crippen molar-refractivity contribution in [3.63, 3.8) is 0 Å². The van der Waals surface area contributed by atoms with E-state index in [1.165, 1.54) is 13.1 Å². The smallest absolute Gasteiger partial charge is 0.246 e. The van der Waals surface area contributed by atoms with Crippen molar-refractivity contribution in [2.75, 3.05) is 20.8 Å². The maximum atomic E-state index is 13.5. The summed E-state index contributed by atoms with van der Waals surface area (Å²) in [5.41, 5.74) is -0.358. The van der Waals surface area contributed by atoms with Crippen molar-refractivity contribution in [2.45, 2.75) is 31.7 Å². The molecule has 2 rings (SSSR count). The van der Waals surface area contributed by atoms with Crippen LogP contribution in [0.4, 0.5) is 8.78 Å². The monoisotopic (exact) mass is 340 g/mol. The maximum absolute atomic E-state index is 13.5. The highest BCUT2D eigenvalue weighted by Gasteiger charge is 2.44. The molecule has 0 saturated heterocycles. The average molecular weight is 340 g/mol. The van der Waals surface area contributed by atoms with E-state index >= 15 is 0 Å². The van der Waals surface area contributed by atoms with E-state index in [0.29, 0.717) is 13.0 Å². The SMILES string of the molecule is CNC(=O)C(NC(=O)C1(CCOC)CCC1)c1ccc(F)c(F)c1. The standard InChI is InChI=1S/C17H22F2N2O3/c1-20-15(22)14(11-4-5-12(18)13(19)10-11)21-16(23)17(6-3-7-17)8-9-24-2/h4-5,10,14H,3,6-9H2,1-2H3,(H,20,22)(H,21,23). The number of carbonyl (C=O) groups is 2. The first-order chi connectivity index (χ1) is 11.4. The molecule has 1 aromatic carbocycles. The minimum absolute atomic E-state index is 0.197. The van der Waals surface area contributed by atoms with Crippen molar-refractivity contribution in [3.05, 3.63) is 35.4 Å². The van der Waals surface area contributed by atoms with E-state index in [-0.39, 0.29) is 11.5 Å². The van der Waals surface area contributed by atoms with E-state index in [0.717, 1.165) is 31.4 Å². The molecule has 1 saturated carbocycles. The molecule has 24 heavy (non-hydrogen) atoms. The van der Waals surface area contributed by atoms with E-state index in [9.17, 15) is 18.4 Å². The Balaban J connectivity index is 2.21. The summed E-state index contributed by atoms with van der Waals surface area (Å²) < 4.78 is 31.7. The van der Waals surface area contributed by atoms with E-state index in [2.05, 4.69) is 10.6 Å². The molecule has 2 amide bonds. The van der Waals surface area contributed by atoms with Gasteiger partial charge in [0, 0.05) is 20.8 Å². The quantitative estimate of drug-likeness (QED) is 0.799. The zero-order valence-electron chi connectivity index (χ0n) is 13.8. The lowest BCUT2D eigenvalue weighted by molar-refractivity contribution is -0.140. The third-order valence-corrected chi connectivity index (χ3v) is 4.64. The molecular formula is C17H22F2N2O3. The van der Waals surface area contributed by atoms with Crippen molar-refractivity contribution < 1.29 is 23.1 Å². The van der Waals surface area contributed by atoms with Crippen LogP contribution in [0.15, 0.2) is 18.2 Å². The molecule has 1 atom stereocenters. The van der Waals surface area contributed by atoms with Crippen LogP contribution < -0.4 is 10.6 Å². The van der Waals surface area contributed by atoms with Crippen LogP contribution >= 0.6 is 0 Å². The molecule has 0 aliphatic heterocycles. The van der Waals surface area contributed by atoms with Crippen molar-refractivity contribution in [1.82, 2.24) is 10.6 Å². The van der Waals surface area contributed by atoms with Crippen LogP contribution in [-0.4, -0.2) is 32.6 Å². The Hall–Kier alpha value is -2.02. The number of hydrogen-bond acceptors (Lipinski definition) is 3. The summed E-state index contributed by atoms with van der Waals surface area (Å²) in [6, 6.07) is 2.09. The van der Waals surface area contributed by atoms with Gasteiger partial charge in [0.05, 0.1) is 5.41 Å². The van der Waals surface area contributed by atoms with Crippen LogP contribution in [0.5, 0.6) is 0 Å². The first-order valence-electron chi connectivity index (χ1n) is 7.90. The van der Waals surface area contributed by atoms with Crippen molar-refractivity contribution in [1.29, 1.82) is 0 Å². The molecule has 0 radical (unpaired) electrons. The van der Waals surface area contributed by atoms with Gasteiger partial charge >= 0.3 is 0 Å². The Bertz CT molecular complexity index is 618. The molecule has 0 bridgehead atoms. The first-order valence-corrected chi connectivity index (χ1v) is 7.90. The Morgan fingerprint density at radius 3 is 2.50 bits per heavy atom. The number of benzene rings is 1. The molecule has 1 aromatic rings. The predicted molar refractivity (Wildman–Crippen MR) is 84.1 cm³/mol. The van der Waals surface area contributed by atoms with E-state index in [1.54, 1.807) is 7.11 Å². The van der Waals surface area contributed by atoms with Crippen LogP contribution in [0.3, 0.4) is 0 Å². The Labute approximate surface area is 139 Å². The molecule has 0 heterocycles. The number of rotatable bonds is 7. The Morgan fingerprint density at radius 1 is 1.29 bits per heavy atom. The van der Waals surface area contributed by atoms with Gasteiger partial charge in [-0.25, -0.2) is 8.78 Å². The number of ether oxygens (including phenoxy) is 1. The van der Waals surface area contributed by atoms with Gasteiger partial charge in [-0.1, -0.05) is 12.5 Å². The zero-order chi connectivity index (χ0) is 17.7. The zero-order valence-corrected chi connectivity index (χ0v) is 13.8. The molecule has 1 unspecified atom stereocenters. The number of nitrogens with one attached hydrogen (secondary N) is 2. The largest absolute Gasteiger partial charge is 0.385 e.